The smallest absolute Gasteiger partial charge is 0.269 e. The van der Waals surface area contributed by atoms with Crippen molar-refractivity contribution in [2.24, 2.45) is 0 Å². The second kappa shape index (κ2) is 7.10. The van der Waals surface area contributed by atoms with Gasteiger partial charge in [0.15, 0.2) is 0 Å². The van der Waals surface area contributed by atoms with Gasteiger partial charge in [0.2, 0.25) is 0 Å². The second-order valence-electron chi connectivity index (χ2n) is 6.14. The van der Waals surface area contributed by atoms with Crippen molar-refractivity contribution in [3.63, 3.8) is 0 Å². The summed E-state index contributed by atoms with van der Waals surface area (Å²) >= 11 is 6.14. The number of allylic oxidation sites excluding steroid dienone is 3. The van der Waals surface area contributed by atoms with E-state index in [9.17, 15) is 4.79 Å². The van der Waals surface area contributed by atoms with Crippen molar-refractivity contribution >= 4 is 17.5 Å². The number of nitrogens with one attached hydrogen (secondary N) is 2. The molecule has 0 bridgehead atoms. The van der Waals surface area contributed by atoms with Gasteiger partial charge in [-0.1, -0.05) is 60.1 Å². The molecule has 0 saturated carbocycles. The minimum Gasteiger partial charge on any atom is -0.355 e. The van der Waals surface area contributed by atoms with Gasteiger partial charge < -0.3 is 15.5 Å². The lowest BCUT2D eigenvalue weighted by Gasteiger charge is -2.26. The largest absolute Gasteiger partial charge is 0.355 e. The number of amides is 1. The van der Waals surface area contributed by atoms with Gasteiger partial charge in [0.1, 0.15) is 11.9 Å². The van der Waals surface area contributed by atoms with E-state index in [2.05, 4.69) is 10.6 Å². The van der Waals surface area contributed by atoms with Crippen LogP contribution in [0.3, 0.4) is 0 Å². The van der Waals surface area contributed by atoms with E-state index in [1.54, 1.807) is 0 Å². The molecule has 2 aliphatic rings. The summed E-state index contributed by atoms with van der Waals surface area (Å²) in [6, 6.07) is 17.5. The van der Waals surface area contributed by atoms with Crippen LogP contribution in [-0.2, 0) is 11.3 Å². The normalized spacial score (nSPS) is 17.9. The molecule has 0 aliphatic carbocycles. The maximum atomic E-state index is 12.8. The summed E-state index contributed by atoms with van der Waals surface area (Å²) in [6.07, 6.45) is 7.62. The molecule has 2 aromatic rings. The van der Waals surface area contributed by atoms with Crippen molar-refractivity contribution in [3.05, 3.63) is 107 Å². The Morgan fingerprint density at radius 3 is 2.77 bits per heavy atom. The maximum Gasteiger partial charge on any atom is 0.269 e. The van der Waals surface area contributed by atoms with Crippen LogP contribution in [0.1, 0.15) is 17.3 Å². The highest BCUT2D eigenvalue weighted by molar-refractivity contribution is 6.30. The average molecular weight is 364 g/mol. The van der Waals surface area contributed by atoms with E-state index in [1.165, 1.54) is 0 Å². The van der Waals surface area contributed by atoms with Gasteiger partial charge in [-0.05, 0) is 35.4 Å². The molecule has 5 heteroatoms. The highest BCUT2D eigenvalue weighted by atomic mass is 35.5. The Bertz CT molecular complexity index is 918. The topological polar surface area (TPSA) is 44.4 Å². The third-order valence-corrected chi connectivity index (χ3v) is 4.63. The SMILES string of the molecule is O=C(NCc1ccccc1)C1=C2C=CC=CN2C(c2cccc(Cl)c2)N1. The zero-order chi connectivity index (χ0) is 17.9. The third kappa shape index (κ3) is 3.24. The quantitative estimate of drug-likeness (QED) is 0.867. The zero-order valence-electron chi connectivity index (χ0n) is 14.0. The minimum absolute atomic E-state index is 0.127. The number of carbonyl (C=O) groups is 1. The van der Waals surface area contributed by atoms with Gasteiger partial charge in [-0.25, -0.2) is 0 Å². The number of nitrogens with zero attached hydrogens (tertiary/aromatic N) is 1. The van der Waals surface area contributed by atoms with Crippen LogP contribution in [0, 0.1) is 0 Å². The monoisotopic (exact) mass is 363 g/mol. The molecule has 0 aromatic heterocycles. The fourth-order valence-electron chi connectivity index (χ4n) is 3.14. The number of halogens is 1. The summed E-state index contributed by atoms with van der Waals surface area (Å²) in [5, 5.41) is 7.00. The highest BCUT2D eigenvalue weighted by Crippen LogP contribution is 2.34. The molecule has 0 fully saturated rings. The van der Waals surface area contributed by atoms with Crippen molar-refractivity contribution in [2.75, 3.05) is 0 Å². The lowest BCUT2D eigenvalue weighted by atomic mass is 10.1. The van der Waals surface area contributed by atoms with Crippen molar-refractivity contribution in [1.29, 1.82) is 0 Å². The van der Waals surface area contributed by atoms with Crippen molar-refractivity contribution in [2.45, 2.75) is 12.7 Å². The van der Waals surface area contributed by atoms with Gasteiger partial charge >= 0.3 is 0 Å². The van der Waals surface area contributed by atoms with Crippen LogP contribution in [0.2, 0.25) is 5.02 Å². The summed E-state index contributed by atoms with van der Waals surface area (Å²) in [5.74, 6) is -0.127. The summed E-state index contributed by atoms with van der Waals surface area (Å²) < 4.78 is 0. The van der Waals surface area contributed by atoms with Gasteiger partial charge in [-0.3, -0.25) is 4.79 Å². The first-order chi connectivity index (χ1) is 12.7. The van der Waals surface area contributed by atoms with E-state index in [0.29, 0.717) is 17.3 Å². The van der Waals surface area contributed by atoms with Crippen LogP contribution in [0.25, 0.3) is 0 Å². The summed E-state index contributed by atoms with van der Waals surface area (Å²) in [7, 11) is 0. The average Bonchev–Trinajstić information content (AvgIpc) is 3.07. The lowest BCUT2D eigenvalue weighted by molar-refractivity contribution is -0.118. The first-order valence-electron chi connectivity index (χ1n) is 8.44. The predicted molar refractivity (Wildman–Crippen MR) is 103 cm³/mol. The van der Waals surface area contributed by atoms with E-state index in [-0.39, 0.29) is 12.1 Å². The van der Waals surface area contributed by atoms with Crippen LogP contribution < -0.4 is 10.6 Å². The van der Waals surface area contributed by atoms with Crippen molar-refractivity contribution < 1.29 is 4.79 Å². The molecule has 0 spiro atoms. The van der Waals surface area contributed by atoms with Gasteiger partial charge in [0, 0.05) is 17.8 Å². The number of benzene rings is 2. The van der Waals surface area contributed by atoms with Crippen molar-refractivity contribution in [3.8, 4) is 0 Å². The van der Waals surface area contributed by atoms with Crippen LogP contribution in [0.5, 0.6) is 0 Å². The number of rotatable bonds is 4. The minimum atomic E-state index is -0.164. The molecule has 2 heterocycles. The number of hydrogen-bond acceptors (Lipinski definition) is 3. The Hall–Kier alpha value is -2.98. The molecular formula is C21H18ClN3O. The fourth-order valence-corrected chi connectivity index (χ4v) is 3.34. The molecule has 1 atom stereocenters. The third-order valence-electron chi connectivity index (χ3n) is 4.39. The van der Waals surface area contributed by atoms with Crippen LogP contribution >= 0.6 is 11.6 Å². The molecule has 26 heavy (non-hydrogen) atoms. The number of fused-ring (bicyclic) bond motifs is 1. The molecule has 2 aliphatic heterocycles. The van der Waals surface area contributed by atoms with E-state index in [1.807, 2.05) is 83.9 Å². The Morgan fingerprint density at radius 1 is 1.12 bits per heavy atom. The molecule has 1 amide bonds. The van der Waals surface area contributed by atoms with Gasteiger partial charge in [0.05, 0.1) is 5.70 Å². The molecule has 1 unspecified atom stereocenters. The molecular weight excluding hydrogens is 346 g/mol. The van der Waals surface area contributed by atoms with Gasteiger partial charge in [0.25, 0.3) is 5.91 Å². The predicted octanol–water partition coefficient (Wildman–Crippen LogP) is 3.86. The van der Waals surface area contributed by atoms with E-state index < -0.39 is 0 Å². The summed E-state index contributed by atoms with van der Waals surface area (Å²) in [5.41, 5.74) is 3.47. The lowest BCUT2D eigenvalue weighted by Crippen LogP contribution is -2.31. The molecule has 130 valence electrons. The number of hydrogen-bond donors (Lipinski definition) is 2. The maximum absolute atomic E-state index is 12.8. The molecule has 2 aromatic carbocycles. The van der Waals surface area contributed by atoms with Crippen molar-refractivity contribution in [1.82, 2.24) is 15.5 Å². The molecule has 4 nitrogen and oxygen atoms in total. The van der Waals surface area contributed by atoms with Gasteiger partial charge in [-0.15, -0.1) is 0 Å². The number of carbonyl (C=O) groups excluding carboxylic acids is 1. The van der Waals surface area contributed by atoms with E-state index in [4.69, 9.17) is 11.6 Å². The first kappa shape index (κ1) is 16.5. The molecule has 0 saturated heterocycles. The first-order valence-corrected chi connectivity index (χ1v) is 8.82. The summed E-state index contributed by atoms with van der Waals surface area (Å²) in [4.78, 5) is 14.8. The molecule has 0 radical (unpaired) electrons. The van der Waals surface area contributed by atoms with E-state index in [0.717, 1.165) is 16.8 Å². The Balaban J connectivity index is 1.56. The van der Waals surface area contributed by atoms with Gasteiger partial charge in [-0.2, -0.15) is 0 Å². The zero-order valence-corrected chi connectivity index (χ0v) is 14.8. The fraction of sp³-hybridized carbons (Fsp3) is 0.0952. The van der Waals surface area contributed by atoms with Crippen LogP contribution in [-0.4, -0.2) is 10.8 Å². The van der Waals surface area contributed by atoms with Crippen LogP contribution in [0.15, 0.2) is 90.4 Å². The van der Waals surface area contributed by atoms with E-state index >= 15 is 0 Å². The summed E-state index contributed by atoms with van der Waals surface area (Å²) in [6.45, 7) is 0.486. The molecule has 2 N–H and O–H groups in total. The Morgan fingerprint density at radius 2 is 1.96 bits per heavy atom. The Kier molecular flexibility index (Phi) is 4.50. The second-order valence-corrected chi connectivity index (χ2v) is 6.57. The molecule has 4 rings (SSSR count). The standard InChI is InChI=1S/C21H18ClN3O/c22-17-10-6-9-16(13-17)20-24-19(18-11-4-5-12-25(18)20)21(26)23-14-15-7-2-1-3-8-15/h1-13,20,24H,14H2,(H,23,26). The highest BCUT2D eigenvalue weighted by Gasteiger charge is 2.33. The van der Waals surface area contributed by atoms with Crippen LogP contribution in [0.4, 0.5) is 0 Å². The Labute approximate surface area is 157 Å².